The fraction of sp³-hybridized carbons (Fsp3) is 0.467. The standard InChI is InChI=1S/C15H18ClFN2O3/c1-8(2)21-12-6-9(11(17)7-10(12)16)13-18-19(14(20)22-13)15(3,4)5/h6-8H,1-5H3. The summed E-state index contributed by atoms with van der Waals surface area (Å²) in [5, 5.41) is 4.21. The van der Waals surface area contributed by atoms with E-state index in [0.29, 0.717) is 5.75 Å². The lowest BCUT2D eigenvalue weighted by molar-refractivity contribution is 0.242. The van der Waals surface area contributed by atoms with Crippen molar-refractivity contribution in [3.8, 4) is 17.2 Å². The van der Waals surface area contributed by atoms with Crippen LogP contribution in [0.25, 0.3) is 11.5 Å². The van der Waals surface area contributed by atoms with E-state index in [0.717, 1.165) is 6.07 Å². The van der Waals surface area contributed by atoms with Gasteiger partial charge in [-0.3, -0.25) is 0 Å². The number of benzene rings is 1. The third-order valence-electron chi connectivity index (χ3n) is 2.80. The third-order valence-corrected chi connectivity index (χ3v) is 3.09. The van der Waals surface area contributed by atoms with Crippen molar-refractivity contribution in [2.45, 2.75) is 46.3 Å². The molecule has 0 radical (unpaired) electrons. The zero-order valence-electron chi connectivity index (χ0n) is 13.1. The molecule has 0 bridgehead atoms. The largest absolute Gasteiger partial charge is 0.489 e. The van der Waals surface area contributed by atoms with E-state index >= 15 is 0 Å². The molecule has 0 atom stereocenters. The molecule has 2 rings (SSSR count). The molecule has 0 aliphatic heterocycles. The molecular formula is C15H18ClFN2O3. The molecule has 7 heteroatoms. The second-order valence-electron chi connectivity index (χ2n) is 6.18. The number of halogens is 2. The first-order valence-electron chi connectivity index (χ1n) is 6.86. The van der Waals surface area contributed by atoms with Crippen LogP contribution >= 0.6 is 11.6 Å². The van der Waals surface area contributed by atoms with E-state index in [1.807, 2.05) is 13.8 Å². The second kappa shape index (κ2) is 5.76. The molecule has 22 heavy (non-hydrogen) atoms. The van der Waals surface area contributed by atoms with Crippen LogP contribution in [0.1, 0.15) is 34.6 Å². The summed E-state index contributed by atoms with van der Waals surface area (Å²) in [6.45, 7) is 9.05. The Kier molecular flexibility index (Phi) is 4.33. The van der Waals surface area contributed by atoms with Gasteiger partial charge < -0.3 is 9.15 Å². The normalized spacial score (nSPS) is 12.0. The highest BCUT2D eigenvalue weighted by Crippen LogP contribution is 2.33. The van der Waals surface area contributed by atoms with Crippen LogP contribution in [0.5, 0.6) is 5.75 Å². The summed E-state index contributed by atoms with van der Waals surface area (Å²) >= 11 is 5.96. The minimum Gasteiger partial charge on any atom is -0.489 e. The number of aromatic nitrogens is 2. The summed E-state index contributed by atoms with van der Waals surface area (Å²) in [7, 11) is 0. The first-order chi connectivity index (χ1) is 10.1. The first-order valence-corrected chi connectivity index (χ1v) is 7.24. The van der Waals surface area contributed by atoms with Crippen molar-refractivity contribution in [3.63, 3.8) is 0 Å². The van der Waals surface area contributed by atoms with E-state index < -0.39 is 17.1 Å². The molecule has 2 aromatic rings. The van der Waals surface area contributed by atoms with E-state index in [4.69, 9.17) is 20.8 Å². The molecule has 5 nitrogen and oxygen atoms in total. The summed E-state index contributed by atoms with van der Waals surface area (Å²) < 4.78 is 25.9. The Morgan fingerprint density at radius 1 is 1.36 bits per heavy atom. The van der Waals surface area contributed by atoms with Crippen molar-refractivity contribution in [2.24, 2.45) is 0 Å². The van der Waals surface area contributed by atoms with Crippen molar-refractivity contribution in [2.75, 3.05) is 0 Å². The van der Waals surface area contributed by atoms with Gasteiger partial charge in [0.15, 0.2) is 0 Å². The van der Waals surface area contributed by atoms with Crippen LogP contribution in [-0.2, 0) is 5.54 Å². The quantitative estimate of drug-likeness (QED) is 0.859. The van der Waals surface area contributed by atoms with E-state index in [1.165, 1.54) is 10.7 Å². The number of rotatable bonds is 3. The van der Waals surface area contributed by atoms with Crippen molar-refractivity contribution in [1.82, 2.24) is 9.78 Å². The molecule has 0 unspecified atom stereocenters. The lowest BCUT2D eigenvalue weighted by Gasteiger charge is -2.15. The van der Waals surface area contributed by atoms with Crippen LogP contribution in [0, 0.1) is 5.82 Å². The van der Waals surface area contributed by atoms with Crippen LogP contribution in [0.2, 0.25) is 5.02 Å². The number of ether oxygens (including phenoxy) is 1. The zero-order valence-corrected chi connectivity index (χ0v) is 13.9. The van der Waals surface area contributed by atoms with Gasteiger partial charge in [0.2, 0.25) is 0 Å². The molecular weight excluding hydrogens is 311 g/mol. The predicted octanol–water partition coefficient (Wildman–Crippen LogP) is 3.84. The van der Waals surface area contributed by atoms with Crippen LogP contribution in [0.15, 0.2) is 21.3 Å². The van der Waals surface area contributed by atoms with Gasteiger partial charge in [-0.2, -0.15) is 4.68 Å². The van der Waals surface area contributed by atoms with Crippen molar-refractivity contribution in [1.29, 1.82) is 0 Å². The number of nitrogens with zero attached hydrogens (tertiary/aromatic N) is 2. The van der Waals surface area contributed by atoms with Gasteiger partial charge in [0.05, 0.1) is 22.2 Å². The highest BCUT2D eigenvalue weighted by atomic mass is 35.5. The molecule has 0 saturated carbocycles. The molecule has 0 saturated heterocycles. The monoisotopic (exact) mass is 328 g/mol. The van der Waals surface area contributed by atoms with Gasteiger partial charge in [0.25, 0.3) is 5.89 Å². The van der Waals surface area contributed by atoms with E-state index in [2.05, 4.69) is 5.10 Å². The van der Waals surface area contributed by atoms with Gasteiger partial charge in [-0.15, -0.1) is 5.10 Å². The van der Waals surface area contributed by atoms with E-state index in [1.54, 1.807) is 20.8 Å². The Morgan fingerprint density at radius 2 is 2.00 bits per heavy atom. The predicted molar refractivity (Wildman–Crippen MR) is 81.9 cm³/mol. The fourth-order valence-electron chi connectivity index (χ4n) is 1.85. The van der Waals surface area contributed by atoms with E-state index in [9.17, 15) is 9.18 Å². The van der Waals surface area contributed by atoms with Crippen molar-refractivity contribution < 1.29 is 13.5 Å². The highest BCUT2D eigenvalue weighted by molar-refractivity contribution is 6.32. The number of hydrogen-bond donors (Lipinski definition) is 0. The minimum absolute atomic E-state index is 0.0279. The van der Waals surface area contributed by atoms with Crippen LogP contribution in [0.3, 0.4) is 0 Å². The summed E-state index contributed by atoms with van der Waals surface area (Å²) in [6, 6.07) is 2.50. The lowest BCUT2D eigenvalue weighted by Crippen LogP contribution is -2.32. The molecule has 120 valence electrons. The van der Waals surface area contributed by atoms with Gasteiger partial charge >= 0.3 is 5.76 Å². The van der Waals surface area contributed by atoms with Gasteiger partial charge in [0, 0.05) is 0 Å². The summed E-state index contributed by atoms with van der Waals surface area (Å²) in [4.78, 5) is 11.9. The molecule has 0 spiro atoms. The fourth-order valence-corrected chi connectivity index (χ4v) is 2.04. The SMILES string of the molecule is CC(C)Oc1cc(-c2nn(C(C)(C)C)c(=O)o2)c(F)cc1Cl. The molecule has 0 aliphatic rings. The third kappa shape index (κ3) is 3.32. The molecule has 0 aliphatic carbocycles. The van der Waals surface area contributed by atoms with Crippen LogP contribution < -0.4 is 10.5 Å². The Morgan fingerprint density at radius 3 is 2.50 bits per heavy atom. The number of hydrogen-bond acceptors (Lipinski definition) is 4. The maximum atomic E-state index is 14.1. The van der Waals surface area contributed by atoms with Crippen LogP contribution in [0.4, 0.5) is 4.39 Å². The van der Waals surface area contributed by atoms with Gasteiger partial charge in [-0.25, -0.2) is 9.18 Å². The van der Waals surface area contributed by atoms with E-state index in [-0.39, 0.29) is 22.6 Å². The average Bonchev–Trinajstić information content (AvgIpc) is 2.74. The summed E-state index contributed by atoms with van der Waals surface area (Å²) in [6.07, 6.45) is -0.130. The van der Waals surface area contributed by atoms with Gasteiger partial charge in [-0.05, 0) is 46.8 Å². The Balaban J connectivity index is 2.56. The average molecular weight is 329 g/mol. The smallest absolute Gasteiger partial charge is 0.437 e. The molecule has 0 N–H and O–H groups in total. The molecule has 1 aromatic heterocycles. The summed E-state index contributed by atoms with van der Waals surface area (Å²) in [5.41, 5.74) is -0.543. The second-order valence-corrected chi connectivity index (χ2v) is 6.59. The zero-order chi connectivity index (χ0) is 16.7. The highest BCUT2D eigenvalue weighted by Gasteiger charge is 2.23. The maximum Gasteiger partial charge on any atom is 0.437 e. The van der Waals surface area contributed by atoms with Crippen molar-refractivity contribution in [3.05, 3.63) is 33.5 Å². The van der Waals surface area contributed by atoms with Gasteiger partial charge in [0.1, 0.15) is 11.6 Å². The Labute approximate surface area is 132 Å². The maximum absolute atomic E-state index is 14.1. The lowest BCUT2D eigenvalue weighted by atomic mass is 10.1. The van der Waals surface area contributed by atoms with Crippen molar-refractivity contribution >= 4 is 11.6 Å². The molecule has 0 fully saturated rings. The minimum atomic E-state index is -0.650. The molecule has 0 amide bonds. The summed E-state index contributed by atoms with van der Waals surface area (Å²) in [5.74, 6) is -1.09. The topological polar surface area (TPSA) is 57.3 Å². The molecule has 1 aromatic carbocycles. The Bertz CT molecular complexity index is 744. The molecule has 1 heterocycles. The first kappa shape index (κ1) is 16.5. The van der Waals surface area contributed by atoms with Gasteiger partial charge in [-0.1, -0.05) is 11.6 Å². The Hall–Kier alpha value is -1.82. The van der Waals surface area contributed by atoms with Crippen LogP contribution in [-0.4, -0.2) is 15.9 Å².